The first-order valence-corrected chi connectivity index (χ1v) is 41.5. The molecule has 0 amide bonds. The summed E-state index contributed by atoms with van der Waals surface area (Å²) in [6, 6.07) is 0. The van der Waals surface area contributed by atoms with E-state index in [0.29, 0.717) is 25.7 Å². The molecule has 0 bridgehead atoms. The molecule has 0 aliphatic carbocycles. The van der Waals surface area contributed by atoms with Crippen LogP contribution in [0.4, 0.5) is 0 Å². The van der Waals surface area contributed by atoms with Gasteiger partial charge >= 0.3 is 39.5 Å². The number of rotatable bonds is 72. The molecule has 17 nitrogen and oxygen atoms in total. The maximum Gasteiger partial charge on any atom is 0.472 e. The smallest absolute Gasteiger partial charge is 0.462 e. The third kappa shape index (κ3) is 70.4. The van der Waals surface area contributed by atoms with Crippen molar-refractivity contribution in [2.24, 2.45) is 0 Å². The molecule has 0 saturated carbocycles. The monoisotopic (exact) mass is 1420 g/mol. The molecule has 3 N–H and O–H groups in total. The Morgan fingerprint density at radius 3 is 0.857 bits per heavy atom. The predicted octanol–water partition coefficient (Wildman–Crippen LogP) is 22.0. The van der Waals surface area contributed by atoms with Gasteiger partial charge in [0.2, 0.25) is 0 Å². The van der Waals surface area contributed by atoms with Crippen LogP contribution in [0.1, 0.15) is 323 Å². The SMILES string of the molecule is CC/C=C\C/C=C\C/C=C\C/C=C\CCCCC(=O)OCC(COP(=O)(O)OCC(O)COP(=O)(O)OCC(COC(=O)CCCCCCC/C=C\C/C=C\CCCCC)OC(=O)CCCCCCC/C=C\C/C=C\CCCCC)OC(=O)CCCCCCCCCCCCCCC. The fraction of sp³-hybridized carbons (Fsp3) is 0.747. The molecule has 0 fully saturated rings. The van der Waals surface area contributed by atoms with Gasteiger partial charge in [0, 0.05) is 25.7 Å². The number of phosphoric ester groups is 2. The van der Waals surface area contributed by atoms with E-state index in [0.717, 1.165) is 154 Å². The van der Waals surface area contributed by atoms with E-state index in [2.05, 4.69) is 125 Å². The zero-order valence-corrected chi connectivity index (χ0v) is 63.5. The normalized spacial score (nSPS) is 14.5. The van der Waals surface area contributed by atoms with Gasteiger partial charge in [-0.15, -0.1) is 0 Å². The van der Waals surface area contributed by atoms with E-state index in [1.807, 2.05) is 0 Å². The lowest BCUT2D eigenvalue weighted by molar-refractivity contribution is -0.161. The predicted molar refractivity (Wildman–Crippen MR) is 399 cm³/mol. The summed E-state index contributed by atoms with van der Waals surface area (Å²) in [6.45, 7) is 4.65. The second-order valence-corrected chi connectivity index (χ2v) is 28.5. The number of carbonyl (C=O) groups is 4. The zero-order valence-electron chi connectivity index (χ0n) is 61.7. The average Bonchev–Trinajstić information content (AvgIpc) is 0.959. The summed E-state index contributed by atoms with van der Waals surface area (Å²) in [6.07, 6.45) is 73.9. The van der Waals surface area contributed by atoms with Gasteiger partial charge in [0.05, 0.1) is 26.4 Å². The number of aliphatic hydroxyl groups excluding tert-OH is 1. The molecule has 0 heterocycles. The Labute approximate surface area is 595 Å². The molecule has 0 saturated heterocycles. The van der Waals surface area contributed by atoms with Crippen molar-refractivity contribution >= 4 is 39.5 Å². The highest BCUT2D eigenvalue weighted by Gasteiger charge is 2.30. The van der Waals surface area contributed by atoms with Crippen molar-refractivity contribution < 1.29 is 80.2 Å². The molecule has 5 atom stereocenters. The number of ether oxygens (including phenoxy) is 4. The minimum atomic E-state index is -4.98. The molecular weight excluding hydrogens is 1280 g/mol. The number of aliphatic hydroxyl groups is 1. The zero-order chi connectivity index (χ0) is 71.8. The summed E-state index contributed by atoms with van der Waals surface area (Å²) < 4.78 is 68.4. The lowest BCUT2D eigenvalue weighted by Gasteiger charge is -2.21. The highest BCUT2D eigenvalue weighted by Crippen LogP contribution is 2.45. The molecule has 0 aliphatic rings. The van der Waals surface area contributed by atoms with Crippen LogP contribution < -0.4 is 0 Å². The highest BCUT2D eigenvalue weighted by atomic mass is 31.2. The fourth-order valence-electron chi connectivity index (χ4n) is 10.2. The van der Waals surface area contributed by atoms with Gasteiger partial charge in [-0.2, -0.15) is 0 Å². The Morgan fingerprint density at radius 2 is 0.531 bits per heavy atom. The topological polar surface area (TPSA) is 237 Å². The molecule has 98 heavy (non-hydrogen) atoms. The van der Waals surface area contributed by atoms with Gasteiger partial charge in [0.25, 0.3) is 0 Å². The summed E-state index contributed by atoms with van der Waals surface area (Å²) in [7, 11) is -9.96. The molecule has 0 rings (SSSR count). The van der Waals surface area contributed by atoms with Crippen molar-refractivity contribution in [1.29, 1.82) is 0 Å². The average molecular weight is 1420 g/mol. The van der Waals surface area contributed by atoms with Gasteiger partial charge in [-0.3, -0.25) is 37.3 Å². The van der Waals surface area contributed by atoms with Gasteiger partial charge < -0.3 is 33.8 Å². The Kier molecular flexibility index (Phi) is 68.4. The van der Waals surface area contributed by atoms with Crippen LogP contribution in [0.15, 0.2) is 97.2 Å². The Bertz CT molecular complexity index is 2240. The van der Waals surface area contributed by atoms with Crippen LogP contribution in [0.2, 0.25) is 0 Å². The molecular formula is C79H138O17P2. The van der Waals surface area contributed by atoms with Crippen molar-refractivity contribution in [3.8, 4) is 0 Å². The Balaban J connectivity index is 5.39. The second-order valence-electron chi connectivity index (χ2n) is 25.6. The molecule has 19 heteroatoms. The maximum atomic E-state index is 13.1. The van der Waals surface area contributed by atoms with Crippen LogP contribution in [0, 0.1) is 0 Å². The van der Waals surface area contributed by atoms with Gasteiger partial charge in [-0.25, -0.2) is 9.13 Å². The number of hydrogen-bond donors (Lipinski definition) is 3. The van der Waals surface area contributed by atoms with Crippen LogP contribution in [-0.2, 0) is 65.4 Å². The number of allylic oxidation sites excluding steroid dienone is 16. The number of phosphoric acid groups is 2. The quantitative estimate of drug-likeness (QED) is 0.0169. The number of esters is 4. The van der Waals surface area contributed by atoms with Crippen LogP contribution in [-0.4, -0.2) is 96.7 Å². The van der Waals surface area contributed by atoms with Gasteiger partial charge in [0.1, 0.15) is 19.3 Å². The van der Waals surface area contributed by atoms with E-state index in [9.17, 15) is 43.2 Å². The highest BCUT2D eigenvalue weighted by molar-refractivity contribution is 7.47. The van der Waals surface area contributed by atoms with Crippen LogP contribution in [0.3, 0.4) is 0 Å². The van der Waals surface area contributed by atoms with Crippen molar-refractivity contribution in [2.45, 2.75) is 341 Å². The summed E-state index contributed by atoms with van der Waals surface area (Å²) in [5.41, 5.74) is 0. The van der Waals surface area contributed by atoms with Crippen molar-refractivity contribution in [3.05, 3.63) is 97.2 Å². The minimum Gasteiger partial charge on any atom is -0.462 e. The van der Waals surface area contributed by atoms with E-state index in [1.165, 1.54) is 89.9 Å². The summed E-state index contributed by atoms with van der Waals surface area (Å²) in [5, 5.41) is 10.6. The number of carbonyl (C=O) groups excluding carboxylic acids is 4. The minimum absolute atomic E-state index is 0.0756. The Morgan fingerprint density at radius 1 is 0.296 bits per heavy atom. The lowest BCUT2D eigenvalue weighted by atomic mass is 10.0. The van der Waals surface area contributed by atoms with E-state index in [-0.39, 0.29) is 25.7 Å². The van der Waals surface area contributed by atoms with Crippen molar-refractivity contribution in [2.75, 3.05) is 39.6 Å². The number of unbranched alkanes of at least 4 members (excludes halogenated alkanes) is 30. The lowest BCUT2D eigenvalue weighted by Crippen LogP contribution is -2.30. The summed E-state index contributed by atoms with van der Waals surface area (Å²) >= 11 is 0. The van der Waals surface area contributed by atoms with Crippen LogP contribution in [0.25, 0.3) is 0 Å². The molecule has 0 radical (unpaired) electrons. The molecule has 566 valence electrons. The summed E-state index contributed by atoms with van der Waals surface area (Å²) in [5.74, 6) is -2.24. The molecule has 0 aromatic heterocycles. The summed E-state index contributed by atoms with van der Waals surface area (Å²) in [4.78, 5) is 72.8. The largest absolute Gasteiger partial charge is 0.472 e. The van der Waals surface area contributed by atoms with Gasteiger partial charge in [-0.05, 0) is 128 Å². The van der Waals surface area contributed by atoms with E-state index < -0.39 is 97.5 Å². The first kappa shape index (κ1) is 94.0. The van der Waals surface area contributed by atoms with Crippen LogP contribution >= 0.6 is 15.6 Å². The third-order valence-electron chi connectivity index (χ3n) is 16.0. The standard InChI is InChI=1S/C79H138O17P2/c1-5-9-13-17-21-25-29-33-36-40-43-47-51-55-59-63-76(81)89-69-74(95-78(83)65-61-57-53-49-45-39-32-28-24-20-16-12-8-4)71-93-97(85,86)91-67-73(80)68-92-98(87,88)94-72-75(96-79(84)66-62-58-54-50-46-42-38-35-31-27-23-19-15-11-7-3)70-90-77(82)64-60-56-52-48-44-41-37-34-30-26-22-18-14-10-6-2/h9,13,21-23,25-27,33-38,43,47,73-75,80H,5-8,10-12,14-20,24,28-32,39-42,44-46,48-72H2,1-4H3,(H,85,86)(H,87,88)/b13-9-,25-21-,26-22-,27-23-,36-33-,37-34-,38-35-,47-43-. The molecule has 0 aromatic rings. The van der Waals surface area contributed by atoms with Crippen molar-refractivity contribution in [1.82, 2.24) is 0 Å². The molecule has 0 spiro atoms. The maximum absolute atomic E-state index is 13.1. The first-order valence-electron chi connectivity index (χ1n) is 38.5. The third-order valence-corrected chi connectivity index (χ3v) is 17.9. The van der Waals surface area contributed by atoms with Crippen molar-refractivity contribution in [3.63, 3.8) is 0 Å². The van der Waals surface area contributed by atoms with Gasteiger partial charge in [-0.1, -0.05) is 266 Å². The fourth-order valence-corrected chi connectivity index (χ4v) is 11.7. The van der Waals surface area contributed by atoms with E-state index in [1.54, 1.807) is 0 Å². The van der Waals surface area contributed by atoms with Crippen LogP contribution in [0.5, 0.6) is 0 Å². The van der Waals surface area contributed by atoms with E-state index in [4.69, 9.17) is 37.0 Å². The molecule has 0 aliphatic heterocycles. The first-order chi connectivity index (χ1) is 47.7. The second kappa shape index (κ2) is 71.4. The molecule has 5 unspecified atom stereocenters. The van der Waals surface area contributed by atoms with Gasteiger partial charge in [0.15, 0.2) is 12.2 Å². The molecule has 0 aromatic carbocycles. The Hall–Kier alpha value is -4.02. The van der Waals surface area contributed by atoms with E-state index >= 15 is 0 Å². The number of hydrogen-bond acceptors (Lipinski definition) is 15.